The number of hydrogen-bond donors (Lipinski definition) is 1. The predicted octanol–water partition coefficient (Wildman–Crippen LogP) is 3.21. The van der Waals surface area contributed by atoms with Crippen molar-refractivity contribution in [3.05, 3.63) is 34.1 Å². The lowest BCUT2D eigenvalue weighted by Gasteiger charge is -2.14. The molecule has 6 nitrogen and oxygen atoms in total. The zero-order chi connectivity index (χ0) is 16.3. The Bertz CT molecular complexity index is 695. The van der Waals surface area contributed by atoms with Gasteiger partial charge in [-0.25, -0.2) is 9.66 Å². The van der Waals surface area contributed by atoms with E-state index in [1.807, 2.05) is 32.9 Å². The van der Waals surface area contributed by atoms with E-state index in [1.165, 1.54) is 4.68 Å². The normalized spacial score (nSPS) is 11.4. The number of nitrogens with zero attached hydrogens (tertiary/aromatic N) is 3. The van der Waals surface area contributed by atoms with Crippen LogP contribution in [0, 0.1) is 6.92 Å². The van der Waals surface area contributed by atoms with Gasteiger partial charge in [0.25, 0.3) is 0 Å². The zero-order valence-electron chi connectivity index (χ0n) is 13.0. The van der Waals surface area contributed by atoms with Gasteiger partial charge in [0.15, 0.2) is 11.5 Å². The van der Waals surface area contributed by atoms with Crippen molar-refractivity contribution < 1.29 is 9.47 Å². The first-order valence-corrected chi connectivity index (χ1v) is 7.60. The fraction of sp³-hybridized carbons (Fsp3) is 0.333. The highest BCUT2D eigenvalue weighted by Gasteiger charge is 2.11. The Balaban J connectivity index is 2.33. The van der Waals surface area contributed by atoms with Gasteiger partial charge in [0, 0.05) is 10.0 Å². The van der Waals surface area contributed by atoms with Gasteiger partial charge in [-0.2, -0.15) is 5.10 Å². The number of ether oxygens (including phenoxy) is 2. The van der Waals surface area contributed by atoms with Crippen LogP contribution >= 0.6 is 15.9 Å². The van der Waals surface area contributed by atoms with Crippen molar-refractivity contribution in [2.75, 3.05) is 12.8 Å². The molecular weight excluding hydrogens is 348 g/mol. The van der Waals surface area contributed by atoms with Gasteiger partial charge >= 0.3 is 0 Å². The van der Waals surface area contributed by atoms with E-state index in [4.69, 9.17) is 15.2 Å². The second-order valence-corrected chi connectivity index (χ2v) is 5.88. The molecule has 0 atom stereocenters. The van der Waals surface area contributed by atoms with Crippen LogP contribution in [0.2, 0.25) is 0 Å². The number of nitrogen functional groups attached to an aromatic ring is 1. The van der Waals surface area contributed by atoms with Crippen LogP contribution in [0.4, 0.5) is 5.95 Å². The van der Waals surface area contributed by atoms with Gasteiger partial charge in [-0.05, 0) is 48.8 Å². The van der Waals surface area contributed by atoms with Gasteiger partial charge in [-0.1, -0.05) is 0 Å². The Kier molecular flexibility index (Phi) is 5.07. The third-order valence-corrected chi connectivity index (χ3v) is 3.49. The van der Waals surface area contributed by atoms with Crippen LogP contribution in [-0.2, 0) is 0 Å². The van der Waals surface area contributed by atoms with E-state index in [1.54, 1.807) is 19.5 Å². The van der Waals surface area contributed by atoms with Gasteiger partial charge in [0.2, 0.25) is 5.95 Å². The summed E-state index contributed by atoms with van der Waals surface area (Å²) in [6.45, 7) is 5.79. The third-order valence-electron chi connectivity index (χ3n) is 2.80. The molecule has 0 fully saturated rings. The van der Waals surface area contributed by atoms with Crippen LogP contribution in [0.15, 0.2) is 27.9 Å². The minimum Gasteiger partial charge on any atom is -0.493 e. The first-order chi connectivity index (χ1) is 10.4. The first kappa shape index (κ1) is 16.4. The number of halogens is 1. The van der Waals surface area contributed by atoms with Crippen molar-refractivity contribution in [1.82, 2.24) is 9.66 Å². The number of imidazole rings is 1. The second-order valence-electron chi connectivity index (χ2n) is 5.02. The molecule has 0 unspecified atom stereocenters. The van der Waals surface area contributed by atoms with Crippen molar-refractivity contribution in [1.29, 1.82) is 0 Å². The molecule has 22 heavy (non-hydrogen) atoms. The molecule has 0 aliphatic rings. The average Bonchev–Trinajstić information content (AvgIpc) is 2.75. The molecule has 0 bridgehead atoms. The molecule has 7 heteroatoms. The fourth-order valence-electron chi connectivity index (χ4n) is 1.88. The Hall–Kier alpha value is -2.02. The molecule has 0 spiro atoms. The van der Waals surface area contributed by atoms with E-state index < -0.39 is 0 Å². The number of nitrogens with two attached hydrogens (primary N) is 1. The summed E-state index contributed by atoms with van der Waals surface area (Å²) in [6, 6.07) is 3.72. The first-order valence-electron chi connectivity index (χ1n) is 6.80. The van der Waals surface area contributed by atoms with Crippen LogP contribution in [-0.4, -0.2) is 29.1 Å². The Morgan fingerprint density at radius 3 is 2.64 bits per heavy atom. The van der Waals surface area contributed by atoms with E-state index >= 15 is 0 Å². The molecule has 0 aliphatic carbocycles. The standard InChI is InChI=1S/C15H19BrN4O2/c1-9(2)22-14-6-12(16)11(5-13(14)21-4)7-18-20-8-10(3)19-15(20)17/h5-9H,1-4H3,(H2,17,19). The van der Waals surface area contributed by atoms with E-state index in [-0.39, 0.29) is 6.10 Å². The molecule has 0 amide bonds. The number of aryl methyl sites for hydroxylation is 1. The predicted molar refractivity (Wildman–Crippen MR) is 90.8 cm³/mol. The molecule has 0 aliphatic heterocycles. The van der Waals surface area contributed by atoms with E-state index in [0.29, 0.717) is 17.4 Å². The van der Waals surface area contributed by atoms with Crippen molar-refractivity contribution in [3.63, 3.8) is 0 Å². The lowest BCUT2D eigenvalue weighted by Crippen LogP contribution is -2.07. The summed E-state index contributed by atoms with van der Waals surface area (Å²) < 4.78 is 13.5. The van der Waals surface area contributed by atoms with Gasteiger partial charge in [-0.3, -0.25) is 0 Å². The van der Waals surface area contributed by atoms with Gasteiger partial charge < -0.3 is 15.2 Å². The van der Waals surface area contributed by atoms with E-state index in [0.717, 1.165) is 15.7 Å². The van der Waals surface area contributed by atoms with Crippen molar-refractivity contribution >= 4 is 28.1 Å². The number of anilines is 1. The molecule has 0 saturated heterocycles. The molecular formula is C15H19BrN4O2. The molecule has 0 saturated carbocycles. The number of methoxy groups -OCH3 is 1. The van der Waals surface area contributed by atoms with Crippen LogP contribution in [0.1, 0.15) is 25.1 Å². The quantitative estimate of drug-likeness (QED) is 0.824. The average molecular weight is 367 g/mol. The lowest BCUT2D eigenvalue weighted by atomic mass is 10.2. The number of rotatable bonds is 5. The molecule has 2 aromatic rings. The maximum Gasteiger partial charge on any atom is 0.221 e. The maximum absolute atomic E-state index is 5.76. The van der Waals surface area contributed by atoms with Crippen molar-refractivity contribution in [2.24, 2.45) is 5.10 Å². The molecule has 2 rings (SSSR count). The zero-order valence-corrected chi connectivity index (χ0v) is 14.6. The fourth-order valence-corrected chi connectivity index (χ4v) is 2.30. The molecule has 1 aromatic carbocycles. The highest BCUT2D eigenvalue weighted by atomic mass is 79.9. The third kappa shape index (κ3) is 3.79. The summed E-state index contributed by atoms with van der Waals surface area (Å²) in [7, 11) is 1.61. The van der Waals surface area contributed by atoms with E-state index in [2.05, 4.69) is 26.0 Å². The Morgan fingerprint density at radius 2 is 2.09 bits per heavy atom. The molecule has 1 aromatic heterocycles. The SMILES string of the molecule is COc1cc(C=Nn2cc(C)nc2N)c(Br)cc1OC(C)C. The summed E-state index contributed by atoms with van der Waals surface area (Å²) in [4.78, 5) is 4.10. The highest BCUT2D eigenvalue weighted by molar-refractivity contribution is 9.10. The van der Waals surface area contributed by atoms with Gasteiger partial charge in [0.05, 0.1) is 31.3 Å². The summed E-state index contributed by atoms with van der Waals surface area (Å²) in [5.41, 5.74) is 7.42. The van der Waals surface area contributed by atoms with Crippen LogP contribution in [0.3, 0.4) is 0 Å². The molecule has 118 valence electrons. The minimum atomic E-state index is 0.0639. The summed E-state index contributed by atoms with van der Waals surface area (Å²) in [5.74, 6) is 1.67. The minimum absolute atomic E-state index is 0.0639. The molecule has 2 N–H and O–H groups in total. The summed E-state index contributed by atoms with van der Waals surface area (Å²) >= 11 is 3.51. The smallest absolute Gasteiger partial charge is 0.221 e. The topological polar surface area (TPSA) is 74.7 Å². The largest absolute Gasteiger partial charge is 0.493 e. The lowest BCUT2D eigenvalue weighted by molar-refractivity contribution is 0.230. The Morgan fingerprint density at radius 1 is 1.36 bits per heavy atom. The number of aromatic nitrogens is 2. The van der Waals surface area contributed by atoms with Crippen molar-refractivity contribution in [3.8, 4) is 11.5 Å². The Labute approximate surface area is 138 Å². The van der Waals surface area contributed by atoms with Gasteiger partial charge in [0.1, 0.15) is 0 Å². The van der Waals surface area contributed by atoms with Crippen LogP contribution in [0.5, 0.6) is 11.5 Å². The summed E-state index contributed by atoms with van der Waals surface area (Å²) in [5, 5.41) is 4.30. The van der Waals surface area contributed by atoms with Crippen molar-refractivity contribution in [2.45, 2.75) is 26.9 Å². The second kappa shape index (κ2) is 6.83. The molecule has 1 heterocycles. The monoisotopic (exact) mass is 366 g/mol. The number of benzene rings is 1. The summed E-state index contributed by atoms with van der Waals surface area (Å²) in [6.07, 6.45) is 3.50. The van der Waals surface area contributed by atoms with E-state index in [9.17, 15) is 0 Å². The van der Waals surface area contributed by atoms with Gasteiger partial charge in [-0.15, -0.1) is 0 Å². The molecule has 0 radical (unpaired) electrons. The maximum atomic E-state index is 5.76. The van der Waals surface area contributed by atoms with Crippen LogP contribution in [0.25, 0.3) is 0 Å². The van der Waals surface area contributed by atoms with Crippen LogP contribution < -0.4 is 15.2 Å². The number of hydrogen-bond acceptors (Lipinski definition) is 5. The highest BCUT2D eigenvalue weighted by Crippen LogP contribution is 2.33.